The number of morpholine rings is 1. The zero-order valence-corrected chi connectivity index (χ0v) is 20.8. The van der Waals surface area contributed by atoms with E-state index in [1.165, 1.54) is 11.3 Å². The molecule has 5 rings (SSSR count). The number of anilines is 2. The molecule has 0 radical (unpaired) electrons. The summed E-state index contributed by atoms with van der Waals surface area (Å²) in [6, 6.07) is 14.4. The summed E-state index contributed by atoms with van der Waals surface area (Å²) in [7, 11) is 0. The van der Waals surface area contributed by atoms with Crippen LogP contribution < -0.4 is 15.5 Å². The van der Waals surface area contributed by atoms with E-state index >= 15 is 0 Å². The largest absolute Gasteiger partial charge is 0.451 e. The van der Waals surface area contributed by atoms with Crippen LogP contribution in [0.3, 0.4) is 0 Å². The van der Waals surface area contributed by atoms with Crippen molar-refractivity contribution in [3.05, 3.63) is 64.3 Å². The van der Waals surface area contributed by atoms with Gasteiger partial charge < -0.3 is 19.4 Å². The lowest BCUT2D eigenvalue weighted by Gasteiger charge is -2.28. The minimum Gasteiger partial charge on any atom is -0.451 e. The average molecular weight is 533 g/mol. The number of amides is 1. The number of hydrogen-bond donors (Lipinski definition) is 2. The predicted octanol–water partition coefficient (Wildman–Crippen LogP) is 5.83. The molecule has 2 aromatic heterocycles. The number of thiazole rings is 1. The van der Waals surface area contributed by atoms with Crippen LogP contribution in [-0.4, -0.2) is 42.3 Å². The molecule has 0 unspecified atom stereocenters. The zero-order valence-electron chi connectivity index (χ0n) is 17.6. The van der Waals surface area contributed by atoms with Gasteiger partial charge in [0.15, 0.2) is 16.0 Å². The summed E-state index contributed by atoms with van der Waals surface area (Å²) >= 11 is 18.9. The number of aromatic nitrogens is 1. The van der Waals surface area contributed by atoms with Gasteiger partial charge >= 0.3 is 0 Å². The molecule has 1 fully saturated rings. The smallest absolute Gasteiger partial charge is 0.293 e. The van der Waals surface area contributed by atoms with Crippen molar-refractivity contribution in [2.24, 2.45) is 0 Å². The van der Waals surface area contributed by atoms with Gasteiger partial charge in [0.05, 0.1) is 28.5 Å². The molecule has 0 spiro atoms. The molecule has 0 bridgehead atoms. The molecule has 1 aliphatic rings. The number of nitrogens with zero attached hydrogens (tertiary/aromatic N) is 2. The van der Waals surface area contributed by atoms with Crippen LogP contribution in [0, 0.1) is 0 Å². The fourth-order valence-corrected chi connectivity index (χ4v) is 5.23. The number of rotatable bonds is 4. The molecular weight excluding hydrogens is 515 g/mol. The summed E-state index contributed by atoms with van der Waals surface area (Å²) in [5, 5.41) is 7.26. The number of nitrogens with one attached hydrogen (secondary N) is 2. The molecule has 2 N–H and O–H groups in total. The lowest BCUT2D eigenvalue weighted by atomic mass is 10.2. The summed E-state index contributed by atoms with van der Waals surface area (Å²) < 4.78 is 12.1. The molecule has 11 heteroatoms. The summed E-state index contributed by atoms with van der Waals surface area (Å²) in [6.07, 6.45) is 0. The Labute approximate surface area is 214 Å². The van der Waals surface area contributed by atoms with Gasteiger partial charge in [0.25, 0.3) is 5.91 Å². The fourth-order valence-electron chi connectivity index (χ4n) is 3.57. The number of carbonyl (C=O) groups is 1. The maximum absolute atomic E-state index is 12.6. The maximum Gasteiger partial charge on any atom is 0.293 e. The molecule has 0 aliphatic carbocycles. The average Bonchev–Trinajstić information content (AvgIpc) is 3.46. The topological polar surface area (TPSA) is 79.6 Å². The Bertz CT molecular complexity index is 1380. The van der Waals surface area contributed by atoms with Gasteiger partial charge in [-0.2, -0.15) is 0 Å². The summed E-state index contributed by atoms with van der Waals surface area (Å²) in [6.45, 7) is 3.19. The Morgan fingerprint density at radius 2 is 1.91 bits per heavy atom. The molecule has 174 valence electrons. The van der Waals surface area contributed by atoms with Crippen LogP contribution >= 0.6 is 46.8 Å². The Kier molecular flexibility index (Phi) is 6.71. The van der Waals surface area contributed by atoms with Crippen molar-refractivity contribution < 1.29 is 13.9 Å². The van der Waals surface area contributed by atoms with Crippen molar-refractivity contribution in [2.75, 3.05) is 36.5 Å². The van der Waals surface area contributed by atoms with Gasteiger partial charge in [0.1, 0.15) is 5.76 Å². The molecule has 1 amide bonds. The Morgan fingerprint density at radius 3 is 2.71 bits per heavy atom. The van der Waals surface area contributed by atoms with E-state index in [4.69, 9.17) is 44.6 Å². The van der Waals surface area contributed by atoms with Gasteiger partial charge in [-0.25, -0.2) is 4.98 Å². The van der Waals surface area contributed by atoms with Crippen molar-refractivity contribution in [2.45, 2.75) is 0 Å². The minimum absolute atomic E-state index is 0.101. The van der Waals surface area contributed by atoms with Gasteiger partial charge in [-0.1, -0.05) is 34.5 Å². The Morgan fingerprint density at radius 1 is 1.09 bits per heavy atom. The second kappa shape index (κ2) is 9.89. The first-order valence-corrected chi connectivity index (χ1v) is 12.4. The van der Waals surface area contributed by atoms with E-state index in [1.807, 2.05) is 6.07 Å². The second-order valence-corrected chi connectivity index (χ2v) is 9.75. The van der Waals surface area contributed by atoms with E-state index in [0.717, 1.165) is 42.2 Å². The van der Waals surface area contributed by atoms with Crippen LogP contribution in [0.15, 0.2) is 52.9 Å². The summed E-state index contributed by atoms with van der Waals surface area (Å²) in [5.41, 5.74) is 2.63. The third-order valence-corrected chi connectivity index (χ3v) is 6.91. The quantitative estimate of drug-likeness (QED) is 0.320. The summed E-state index contributed by atoms with van der Waals surface area (Å²) in [4.78, 5) is 19.4. The molecule has 1 saturated heterocycles. The number of halogens is 2. The Balaban J connectivity index is 1.24. The van der Waals surface area contributed by atoms with Crippen LogP contribution in [0.4, 0.5) is 10.8 Å². The first kappa shape index (κ1) is 23.1. The molecule has 2 aromatic carbocycles. The van der Waals surface area contributed by atoms with Crippen molar-refractivity contribution in [1.29, 1.82) is 0 Å². The predicted molar refractivity (Wildman–Crippen MR) is 141 cm³/mol. The van der Waals surface area contributed by atoms with Gasteiger partial charge in [0, 0.05) is 29.4 Å². The van der Waals surface area contributed by atoms with Gasteiger partial charge in [0.2, 0.25) is 0 Å². The highest BCUT2D eigenvalue weighted by Gasteiger charge is 2.17. The second-order valence-electron chi connectivity index (χ2n) is 7.47. The van der Waals surface area contributed by atoms with E-state index in [-0.39, 0.29) is 10.9 Å². The first-order valence-electron chi connectivity index (χ1n) is 10.4. The van der Waals surface area contributed by atoms with Crippen molar-refractivity contribution >= 4 is 78.8 Å². The monoisotopic (exact) mass is 532 g/mol. The molecular formula is C23H18Cl2N4O3S2. The lowest BCUT2D eigenvalue weighted by molar-refractivity contribution is 0.0951. The number of furan rings is 1. The van der Waals surface area contributed by atoms with Gasteiger partial charge in [-0.05, 0) is 60.7 Å². The minimum atomic E-state index is -0.482. The molecule has 7 nitrogen and oxygen atoms in total. The van der Waals surface area contributed by atoms with Gasteiger partial charge in [-0.3, -0.25) is 10.1 Å². The van der Waals surface area contributed by atoms with E-state index in [1.54, 1.807) is 30.3 Å². The molecule has 0 atom stereocenters. The molecule has 4 aromatic rings. The number of fused-ring (bicyclic) bond motifs is 1. The van der Waals surface area contributed by atoms with Crippen molar-refractivity contribution in [1.82, 2.24) is 10.3 Å². The van der Waals surface area contributed by atoms with Gasteiger partial charge in [-0.15, -0.1) is 0 Å². The zero-order chi connectivity index (χ0) is 23.7. The molecule has 0 saturated carbocycles. The number of thiocarbonyl (C=S) groups is 1. The number of carbonyl (C=O) groups excluding carboxylic acids is 1. The van der Waals surface area contributed by atoms with Crippen LogP contribution in [-0.2, 0) is 4.74 Å². The third kappa shape index (κ3) is 5.03. The van der Waals surface area contributed by atoms with Crippen LogP contribution in [0.1, 0.15) is 10.6 Å². The lowest BCUT2D eigenvalue weighted by Crippen LogP contribution is -2.36. The van der Waals surface area contributed by atoms with E-state index in [0.29, 0.717) is 26.5 Å². The molecule has 3 heterocycles. The third-order valence-electron chi connectivity index (χ3n) is 5.22. The molecule has 1 aliphatic heterocycles. The van der Waals surface area contributed by atoms with Crippen LogP contribution in [0.2, 0.25) is 10.0 Å². The van der Waals surface area contributed by atoms with E-state index in [9.17, 15) is 4.79 Å². The number of hydrogen-bond acceptors (Lipinski definition) is 7. The maximum atomic E-state index is 12.6. The highest BCUT2D eigenvalue weighted by Crippen LogP contribution is 2.32. The summed E-state index contributed by atoms with van der Waals surface area (Å²) in [5.74, 6) is 0.0714. The first-order chi connectivity index (χ1) is 16.5. The van der Waals surface area contributed by atoms with Crippen LogP contribution in [0.25, 0.3) is 21.5 Å². The number of benzene rings is 2. The van der Waals surface area contributed by atoms with E-state index < -0.39 is 5.91 Å². The fraction of sp³-hybridized carbons (Fsp3) is 0.174. The number of ether oxygens (including phenoxy) is 1. The highest BCUT2D eigenvalue weighted by atomic mass is 35.5. The normalized spacial score (nSPS) is 13.8. The highest BCUT2D eigenvalue weighted by molar-refractivity contribution is 7.80. The van der Waals surface area contributed by atoms with E-state index in [2.05, 4.69) is 32.7 Å². The van der Waals surface area contributed by atoms with Crippen LogP contribution in [0.5, 0.6) is 0 Å². The van der Waals surface area contributed by atoms with Crippen molar-refractivity contribution in [3.63, 3.8) is 0 Å². The standard InChI is InChI=1S/C23H18Cl2N4O3S2/c24-13-1-3-15(16(25)11-13)18-5-6-19(32-18)21(30)27-22(33)28-23-26-17-4-2-14(12-20(17)34-23)29-7-9-31-10-8-29/h1-6,11-12H,7-10H2,(H2,26,27,28,30,33). The van der Waals surface area contributed by atoms with Crippen molar-refractivity contribution in [3.8, 4) is 11.3 Å². The molecule has 34 heavy (non-hydrogen) atoms. The Hall–Kier alpha value is -2.69. The SMILES string of the molecule is O=C(NC(=S)Nc1nc2ccc(N3CCOCC3)cc2s1)c1ccc(-c2ccc(Cl)cc2Cl)o1.